The summed E-state index contributed by atoms with van der Waals surface area (Å²) in [5, 5.41) is 0. The molecule has 0 aliphatic heterocycles. The van der Waals surface area contributed by atoms with Crippen molar-refractivity contribution in [2.75, 3.05) is 19.0 Å². The van der Waals surface area contributed by atoms with Gasteiger partial charge in [-0.2, -0.15) is 0 Å². The molecule has 1 aliphatic carbocycles. The van der Waals surface area contributed by atoms with Crippen LogP contribution in [0.3, 0.4) is 0 Å². The smallest absolute Gasteiger partial charge is 0.0399 e. The first kappa shape index (κ1) is 10.5. The van der Waals surface area contributed by atoms with Gasteiger partial charge in [-0.3, -0.25) is 0 Å². The molecule has 0 spiro atoms. The number of anilines is 1. The summed E-state index contributed by atoms with van der Waals surface area (Å²) in [7, 11) is 4.19. The lowest BCUT2D eigenvalue weighted by atomic mass is 9.88. The molecule has 2 heteroatoms. The fraction of sp³-hybridized carbons (Fsp3) is 0.538. The molecule has 0 saturated heterocycles. The monoisotopic (exact) mass is 204 g/mol. The first-order valence-corrected chi connectivity index (χ1v) is 5.60. The summed E-state index contributed by atoms with van der Waals surface area (Å²) in [5.74, 6) is 0. The Morgan fingerprint density at radius 2 is 1.87 bits per heavy atom. The minimum Gasteiger partial charge on any atom is -0.377 e. The summed E-state index contributed by atoms with van der Waals surface area (Å²) in [4.78, 5) is 2.18. The summed E-state index contributed by atoms with van der Waals surface area (Å²) in [6.07, 6.45) is 2.46. The number of para-hydroxylation sites is 1. The molecule has 1 aromatic rings. The average molecular weight is 204 g/mol. The van der Waals surface area contributed by atoms with Crippen molar-refractivity contribution in [3.05, 3.63) is 29.8 Å². The van der Waals surface area contributed by atoms with Crippen molar-refractivity contribution in [2.24, 2.45) is 5.73 Å². The lowest BCUT2D eigenvalue weighted by Gasteiger charge is -2.26. The second-order valence-corrected chi connectivity index (χ2v) is 4.86. The van der Waals surface area contributed by atoms with Crippen LogP contribution < -0.4 is 10.6 Å². The molecule has 0 aromatic heterocycles. The van der Waals surface area contributed by atoms with Gasteiger partial charge in [-0.1, -0.05) is 18.2 Å². The second kappa shape index (κ2) is 3.53. The first-order chi connectivity index (χ1) is 7.08. The third-order valence-corrected chi connectivity index (χ3v) is 3.58. The van der Waals surface area contributed by atoms with Crippen molar-refractivity contribution < 1.29 is 0 Å². The number of hydrogen-bond donors (Lipinski definition) is 1. The fourth-order valence-electron chi connectivity index (χ4n) is 2.39. The third-order valence-electron chi connectivity index (χ3n) is 3.58. The Labute approximate surface area is 92.1 Å². The maximum atomic E-state index is 6.12. The highest BCUT2D eigenvalue weighted by Crippen LogP contribution is 2.52. The van der Waals surface area contributed by atoms with E-state index in [1.54, 1.807) is 0 Å². The minimum atomic E-state index is 0.249. The molecule has 1 saturated carbocycles. The van der Waals surface area contributed by atoms with Crippen molar-refractivity contribution in [1.82, 2.24) is 0 Å². The largest absolute Gasteiger partial charge is 0.377 e. The van der Waals surface area contributed by atoms with E-state index in [1.807, 2.05) is 0 Å². The summed E-state index contributed by atoms with van der Waals surface area (Å²) < 4.78 is 0. The van der Waals surface area contributed by atoms with Crippen molar-refractivity contribution >= 4 is 5.69 Å². The second-order valence-electron chi connectivity index (χ2n) is 4.86. The average Bonchev–Trinajstić information content (AvgIpc) is 2.98. The van der Waals surface area contributed by atoms with E-state index in [-0.39, 0.29) is 11.5 Å². The molecule has 0 radical (unpaired) electrons. The van der Waals surface area contributed by atoms with Gasteiger partial charge in [0.15, 0.2) is 0 Å². The molecule has 2 rings (SSSR count). The van der Waals surface area contributed by atoms with E-state index >= 15 is 0 Å². The molecule has 1 atom stereocenters. The van der Waals surface area contributed by atoms with E-state index in [2.05, 4.69) is 50.2 Å². The summed E-state index contributed by atoms with van der Waals surface area (Å²) in [6, 6.07) is 8.86. The molecular weight excluding hydrogens is 184 g/mol. The Balaban J connectivity index is 2.44. The van der Waals surface area contributed by atoms with Gasteiger partial charge in [-0.05, 0) is 31.4 Å². The lowest BCUT2D eigenvalue weighted by molar-refractivity contribution is 0.556. The Morgan fingerprint density at radius 3 is 2.33 bits per heavy atom. The molecule has 0 bridgehead atoms. The Kier molecular flexibility index (Phi) is 2.47. The highest BCUT2D eigenvalue weighted by Gasteiger charge is 2.48. The van der Waals surface area contributed by atoms with Crippen LogP contribution in [0.4, 0.5) is 5.69 Å². The molecular formula is C13H20N2. The van der Waals surface area contributed by atoms with E-state index in [0.29, 0.717) is 0 Å². The van der Waals surface area contributed by atoms with Crippen LogP contribution in [0, 0.1) is 0 Å². The Bertz CT molecular complexity index is 351. The van der Waals surface area contributed by atoms with E-state index in [9.17, 15) is 0 Å². The number of nitrogens with two attached hydrogens (primary N) is 1. The number of nitrogens with zero attached hydrogens (tertiary/aromatic N) is 1. The zero-order chi connectivity index (χ0) is 11.1. The topological polar surface area (TPSA) is 29.3 Å². The zero-order valence-corrected chi connectivity index (χ0v) is 9.83. The molecule has 2 N–H and O–H groups in total. The van der Waals surface area contributed by atoms with E-state index in [1.165, 1.54) is 24.1 Å². The van der Waals surface area contributed by atoms with Crippen LogP contribution in [0.1, 0.15) is 25.3 Å². The highest BCUT2D eigenvalue weighted by molar-refractivity contribution is 5.58. The van der Waals surface area contributed by atoms with Crippen LogP contribution >= 0.6 is 0 Å². The normalized spacial score (nSPS) is 19.7. The van der Waals surface area contributed by atoms with Crippen LogP contribution in [0.2, 0.25) is 0 Å². The van der Waals surface area contributed by atoms with Crippen LogP contribution in [-0.4, -0.2) is 20.1 Å². The molecule has 2 nitrogen and oxygen atoms in total. The molecule has 1 unspecified atom stereocenters. The van der Waals surface area contributed by atoms with Crippen molar-refractivity contribution in [1.29, 1.82) is 0 Å². The number of hydrogen-bond acceptors (Lipinski definition) is 2. The van der Waals surface area contributed by atoms with Crippen LogP contribution in [0.15, 0.2) is 24.3 Å². The maximum Gasteiger partial charge on any atom is 0.0399 e. The van der Waals surface area contributed by atoms with Crippen molar-refractivity contribution in [3.63, 3.8) is 0 Å². The molecule has 1 fully saturated rings. The summed E-state index contributed by atoms with van der Waals surface area (Å²) >= 11 is 0. The molecule has 1 aliphatic rings. The van der Waals surface area contributed by atoms with Crippen molar-refractivity contribution in [3.8, 4) is 0 Å². The van der Waals surface area contributed by atoms with E-state index in [4.69, 9.17) is 5.73 Å². The quantitative estimate of drug-likeness (QED) is 0.817. The lowest BCUT2D eigenvalue weighted by Crippen LogP contribution is -2.32. The van der Waals surface area contributed by atoms with Gasteiger partial charge in [0.25, 0.3) is 0 Å². The Morgan fingerprint density at radius 1 is 1.27 bits per heavy atom. The zero-order valence-electron chi connectivity index (χ0n) is 9.83. The molecule has 15 heavy (non-hydrogen) atoms. The third kappa shape index (κ3) is 1.63. The van der Waals surface area contributed by atoms with Gasteiger partial charge in [0, 0.05) is 31.2 Å². The minimum absolute atomic E-state index is 0.249. The summed E-state index contributed by atoms with van der Waals surface area (Å²) in [5.41, 5.74) is 9.10. The summed E-state index contributed by atoms with van der Waals surface area (Å²) in [6.45, 7) is 2.12. The molecule has 0 amide bonds. The first-order valence-electron chi connectivity index (χ1n) is 5.60. The van der Waals surface area contributed by atoms with Gasteiger partial charge < -0.3 is 10.6 Å². The highest BCUT2D eigenvalue weighted by atomic mass is 15.1. The fourth-order valence-corrected chi connectivity index (χ4v) is 2.39. The van der Waals surface area contributed by atoms with Crippen molar-refractivity contribution in [2.45, 2.75) is 31.2 Å². The standard InChI is InChI=1S/C13H20N2/c1-10(14)13(8-9-13)11-6-4-5-7-12(11)15(2)3/h4-7,10H,8-9,14H2,1-3H3. The van der Waals surface area contributed by atoms with Gasteiger partial charge in [-0.15, -0.1) is 0 Å². The van der Waals surface area contributed by atoms with Crippen LogP contribution in [-0.2, 0) is 5.41 Å². The van der Waals surface area contributed by atoms with Gasteiger partial charge in [-0.25, -0.2) is 0 Å². The molecule has 0 heterocycles. The van der Waals surface area contributed by atoms with Gasteiger partial charge in [0.2, 0.25) is 0 Å². The number of rotatable bonds is 3. The number of benzene rings is 1. The van der Waals surface area contributed by atoms with Crippen LogP contribution in [0.5, 0.6) is 0 Å². The van der Waals surface area contributed by atoms with Gasteiger partial charge in [0.1, 0.15) is 0 Å². The van der Waals surface area contributed by atoms with Crippen LogP contribution in [0.25, 0.3) is 0 Å². The van der Waals surface area contributed by atoms with E-state index < -0.39 is 0 Å². The maximum absolute atomic E-state index is 6.12. The predicted molar refractivity (Wildman–Crippen MR) is 65.3 cm³/mol. The predicted octanol–water partition coefficient (Wildman–Crippen LogP) is 2.13. The Hall–Kier alpha value is -1.02. The molecule has 1 aromatic carbocycles. The molecule has 82 valence electrons. The van der Waals surface area contributed by atoms with Gasteiger partial charge >= 0.3 is 0 Å². The SMILES string of the molecule is CC(N)C1(c2ccccc2N(C)C)CC1. The van der Waals surface area contributed by atoms with Gasteiger partial charge in [0.05, 0.1) is 0 Å². The van der Waals surface area contributed by atoms with E-state index in [0.717, 1.165) is 0 Å².